The molecule has 1 aromatic heterocycles. The van der Waals surface area contributed by atoms with Crippen LogP contribution < -0.4 is 4.90 Å². The van der Waals surface area contributed by atoms with Gasteiger partial charge in [0.05, 0.1) is 11.0 Å². The number of rotatable bonds is 5. The predicted molar refractivity (Wildman–Crippen MR) is 233 cm³/mol. The highest BCUT2D eigenvalue weighted by Crippen LogP contribution is 2.51. The summed E-state index contributed by atoms with van der Waals surface area (Å²) in [4.78, 5) is 2.39. The maximum atomic E-state index is 2.48. The van der Waals surface area contributed by atoms with Gasteiger partial charge in [0.2, 0.25) is 0 Å². The Morgan fingerprint density at radius 3 is 1.89 bits per heavy atom. The van der Waals surface area contributed by atoms with E-state index in [1.807, 2.05) is 0 Å². The molecule has 260 valence electrons. The first kappa shape index (κ1) is 31.6. The van der Waals surface area contributed by atoms with E-state index < -0.39 is 0 Å². The van der Waals surface area contributed by atoms with Crippen LogP contribution in [-0.2, 0) is 5.41 Å². The fourth-order valence-electron chi connectivity index (χ4n) is 9.32. The van der Waals surface area contributed by atoms with Crippen molar-refractivity contribution in [1.29, 1.82) is 0 Å². The van der Waals surface area contributed by atoms with Crippen molar-refractivity contribution in [3.63, 3.8) is 0 Å². The van der Waals surface area contributed by atoms with E-state index in [2.05, 4.69) is 217 Å². The number of aromatic nitrogens is 1. The van der Waals surface area contributed by atoms with Crippen LogP contribution >= 0.6 is 0 Å². The quantitative estimate of drug-likeness (QED) is 0.173. The Balaban J connectivity index is 1.12. The number of nitrogens with zero attached hydrogens (tertiary/aromatic N) is 2. The molecule has 9 aromatic carbocycles. The Labute approximate surface area is 321 Å². The van der Waals surface area contributed by atoms with Crippen molar-refractivity contribution < 1.29 is 0 Å². The third-order valence-electron chi connectivity index (χ3n) is 11.9. The van der Waals surface area contributed by atoms with Gasteiger partial charge in [-0.05, 0) is 110 Å². The smallest absolute Gasteiger partial charge is 0.0625 e. The van der Waals surface area contributed by atoms with E-state index in [0.29, 0.717) is 0 Å². The molecule has 0 spiro atoms. The number of fused-ring (bicyclic) bond motifs is 8. The molecule has 0 unspecified atom stereocenters. The maximum Gasteiger partial charge on any atom is 0.0625 e. The van der Waals surface area contributed by atoms with Gasteiger partial charge in [-0.3, -0.25) is 0 Å². The second-order valence-corrected chi connectivity index (χ2v) is 15.4. The van der Waals surface area contributed by atoms with E-state index in [4.69, 9.17) is 0 Å². The van der Waals surface area contributed by atoms with Crippen LogP contribution in [0.25, 0.3) is 71.3 Å². The molecule has 0 fully saturated rings. The Bertz CT molecular complexity index is 3110. The van der Waals surface area contributed by atoms with Crippen molar-refractivity contribution >= 4 is 60.4 Å². The van der Waals surface area contributed by atoms with Gasteiger partial charge in [-0.1, -0.05) is 147 Å². The van der Waals surface area contributed by atoms with Crippen LogP contribution in [0.1, 0.15) is 25.0 Å². The van der Waals surface area contributed by atoms with Crippen molar-refractivity contribution in [3.8, 4) is 27.9 Å². The van der Waals surface area contributed by atoms with E-state index in [9.17, 15) is 0 Å². The van der Waals surface area contributed by atoms with Crippen molar-refractivity contribution in [1.82, 2.24) is 4.57 Å². The fourth-order valence-corrected chi connectivity index (χ4v) is 9.32. The third kappa shape index (κ3) is 4.81. The summed E-state index contributed by atoms with van der Waals surface area (Å²) in [5.41, 5.74) is 14.8. The lowest BCUT2D eigenvalue weighted by atomic mass is 9.82. The minimum absolute atomic E-state index is 0.0389. The van der Waals surface area contributed by atoms with Crippen LogP contribution in [0.4, 0.5) is 17.1 Å². The monoisotopic (exact) mass is 702 g/mol. The van der Waals surface area contributed by atoms with Crippen molar-refractivity contribution in [2.24, 2.45) is 0 Å². The Morgan fingerprint density at radius 2 is 1.05 bits per heavy atom. The average Bonchev–Trinajstić information content (AvgIpc) is 3.68. The summed E-state index contributed by atoms with van der Waals surface area (Å²) in [7, 11) is 0. The van der Waals surface area contributed by atoms with Gasteiger partial charge in [-0.25, -0.2) is 0 Å². The molecular formula is C53H38N2. The molecule has 0 amide bonds. The van der Waals surface area contributed by atoms with E-state index in [1.165, 1.54) is 76.7 Å². The predicted octanol–water partition coefficient (Wildman–Crippen LogP) is 14.5. The summed E-state index contributed by atoms with van der Waals surface area (Å²) in [5.74, 6) is 0. The summed E-state index contributed by atoms with van der Waals surface area (Å²) >= 11 is 0. The molecule has 0 aliphatic heterocycles. The Morgan fingerprint density at radius 1 is 0.418 bits per heavy atom. The molecule has 2 nitrogen and oxygen atoms in total. The molecule has 11 rings (SSSR count). The van der Waals surface area contributed by atoms with Crippen LogP contribution in [0.2, 0.25) is 0 Å². The Kier molecular flexibility index (Phi) is 6.93. The zero-order valence-electron chi connectivity index (χ0n) is 30.9. The third-order valence-corrected chi connectivity index (χ3v) is 11.9. The SMILES string of the molecule is CC1(C)c2ccccc2-c2cc(N(c3ccccc3)c3ccc(-c4c5ccccc5cc5c6ccccc6n(-c6ccc7ccccc7c6)c45)cc3)ccc21. The molecule has 0 N–H and O–H groups in total. The molecule has 55 heavy (non-hydrogen) atoms. The first-order valence-corrected chi connectivity index (χ1v) is 19.2. The van der Waals surface area contributed by atoms with Crippen LogP contribution in [0, 0.1) is 0 Å². The average molecular weight is 703 g/mol. The number of anilines is 3. The molecule has 0 saturated heterocycles. The van der Waals surface area contributed by atoms with Crippen molar-refractivity contribution in [2.45, 2.75) is 19.3 Å². The lowest BCUT2D eigenvalue weighted by molar-refractivity contribution is 0.660. The highest BCUT2D eigenvalue weighted by molar-refractivity contribution is 6.21. The second kappa shape index (κ2) is 12.1. The standard InChI is InChI=1S/C53H38N2/c1-53(2)48-22-12-10-20-44(48)46-34-42(30-31-49(46)53)54(39-17-4-3-5-18-39)40-27-25-36(26-28-40)51-43-19-9-8-16-38(43)33-47-45-21-11-13-23-50(45)55(52(47)51)41-29-24-35-14-6-7-15-37(35)32-41/h3-34H,1-2H3. The van der Waals surface area contributed by atoms with Gasteiger partial charge in [-0.15, -0.1) is 0 Å². The Hall–Kier alpha value is -6.90. The molecule has 10 aromatic rings. The van der Waals surface area contributed by atoms with Gasteiger partial charge < -0.3 is 9.47 Å². The highest BCUT2D eigenvalue weighted by Gasteiger charge is 2.35. The van der Waals surface area contributed by atoms with Gasteiger partial charge in [0.1, 0.15) is 0 Å². The van der Waals surface area contributed by atoms with Crippen molar-refractivity contribution in [2.75, 3.05) is 4.90 Å². The first-order valence-electron chi connectivity index (χ1n) is 19.2. The minimum atomic E-state index is -0.0389. The summed E-state index contributed by atoms with van der Waals surface area (Å²) in [6.45, 7) is 4.68. The number of hydrogen-bond donors (Lipinski definition) is 0. The van der Waals surface area contributed by atoms with Gasteiger partial charge in [0, 0.05) is 44.5 Å². The van der Waals surface area contributed by atoms with Crippen LogP contribution in [0.5, 0.6) is 0 Å². The molecule has 0 atom stereocenters. The molecule has 1 heterocycles. The molecule has 2 heteroatoms. The van der Waals surface area contributed by atoms with E-state index in [-0.39, 0.29) is 5.41 Å². The summed E-state index contributed by atoms with van der Waals surface area (Å²) in [6.07, 6.45) is 0. The van der Waals surface area contributed by atoms with Crippen molar-refractivity contribution in [3.05, 3.63) is 205 Å². The number of benzene rings is 9. The highest BCUT2D eigenvalue weighted by atomic mass is 15.1. The van der Waals surface area contributed by atoms with Gasteiger partial charge in [-0.2, -0.15) is 0 Å². The topological polar surface area (TPSA) is 8.17 Å². The molecule has 0 radical (unpaired) electrons. The summed E-state index contributed by atoms with van der Waals surface area (Å²) < 4.78 is 2.48. The zero-order valence-corrected chi connectivity index (χ0v) is 30.9. The normalized spacial score (nSPS) is 13.1. The van der Waals surface area contributed by atoms with Gasteiger partial charge >= 0.3 is 0 Å². The second-order valence-electron chi connectivity index (χ2n) is 15.4. The maximum absolute atomic E-state index is 2.48. The van der Waals surface area contributed by atoms with Gasteiger partial charge in [0.25, 0.3) is 0 Å². The summed E-state index contributed by atoms with van der Waals surface area (Å²) in [5, 5.41) is 7.47. The largest absolute Gasteiger partial charge is 0.310 e. The number of hydrogen-bond acceptors (Lipinski definition) is 1. The molecular weight excluding hydrogens is 665 g/mol. The molecule has 1 aliphatic rings. The zero-order chi connectivity index (χ0) is 36.7. The minimum Gasteiger partial charge on any atom is -0.310 e. The molecule has 0 saturated carbocycles. The van der Waals surface area contributed by atoms with Crippen LogP contribution in [0.15, 0.2) is 194 Å². The number of para-hydroxylation sites is 2. The fraction of sp³-hybridized carbons (Fsp3) is 0.0566. The van der Waals surface area contributed by atoms with E-state index in [0.717, 1.165) is 22.7 Å². The van der Waals surface area contributed by atoms with Crippen LogP contribution in [-0.4, -0.2) is 4.57 Å². The van der Waals surface area contributed by atoms with Gasteiger partial charge in [0.15, 0.2) is 0 Å². The lowest BCUT2D eigenvalue weighted by Crippen LogP contribution is -2.15. The van der Waals surface area contributed by atoms with Crippen LogP contribution in [0.3, 0.4) is 0 Å². The first-order chi connectivity index (χ1) is 27.0. The molecule has 0 bridgehead atoms. The molecule has 1 aliphatic carbocycles. The summed E-state index contributed by atoms with van der Waals surface area (Å²) in [6, 6.07) is 71.4. The van der Waals surface area contributed by atoms with E-state index >= 15 is 0 Å². The van der Waals surface area contributed by atoms with E-state index in [1.54, 1.807) is 0 Å². The lowest BCUT2D eigenvalue weighted by Gasteiger charge is -2.27.